The van der Waals surface area contributed by atoms with Crippen molar-refractivity contribution in [1.29, 1.82) is 0 Å². The third kappa shape index (κ3) is 3.70. The molecule has 32 heavy (non-hydrogen) atoms. The van der Waals surface area contributed by atoms with Gasteiger partial charge in [0, 0.05) is 5.56 Å². The first-order chi connectivity index (χ1) is 15.1. The van der Waals surface area contributed by atoms with Crippen molar-refractivity contribution in [2.24, 2.45) is 0 Å². The molecule has 2 aliphatic heterocycles. The highest BCUT2D eigenvalue weighted by Gasteiger charge is 2.39. The fourth-order valence-electron chi connectivity index (χ4n) is 4.18. The molecular weight excluding hydrogens is 408 g/mol. The molecule has 0 aliphatic carbocycles. The first-order valence-electron chi connectivity index (χ1n) is 10.6. The molecule has 0 amide bonds. The van der Waals surface area contributed by atoms with Crippen molar-refractivity contribution in [3.05, 3.63) is 58.2 Å². The van der Waals surface area contributed by atoms with E-state index in [1.165, 1.54) is 25.3 Å². The summed E-state index contributed by atoms with van der Waals surface area (Å²) >= 11 is 0. The van der Waals surface area contributed by atoms with Gasteiger partial charge in [-0.25, -0.2) is 0 Å². The van der Waals surface area contributed by atoms with Crippen molar-refractivity contribution in [2.45, 2.75) is 52.2 Å². The number of ether oxygens (including phenoxy) is 3. The number of benzene rings is 2. The van der Waals surface area contributed by atoms with Gasteiger partial charge in [-0.2, -0.15) is 0 Å². The van der Waals surface area contributed by atoms with E-state index in [0.29, 0.717) is 34.8 Å². The number of aromatic hydroxyl groups is 2. The van der Waals surface area contributed by atoms with E-state index in [-0.39, 0.29) is 29.3 Å². The van der Waals surface area contributed by atoms with Gasteiger partial charge in [-0.15, -0.1) is 0 Å². The Morgan fingerprint density at radius 3 is 2.53 bits per heavy atom. The number of hydrogen-bond donors (Lipinski definition) is 2. The molecule has 2 aromatic rings. The van der Waals surface area contributed by atoms with Gasteiger partial charge in [0.1, 0.15) is 46.0 Å². The first-order valence-corrected chi connectivity index (χ1v) is 10.6. The van der Waals surface area contributed by atoms with Crippen LogP contribution in [0, 0.1) is 0 Å². The predicted octanol–water partition coefficient (Wildman–Crippen LogP) is 5.51. The molecule has 0 saturated carbocycles. The summed E-state index contributed by atoms with van der Waals surface area (Å²) in [5.41, 5.74) is 2.58. The van der Waals surface area contributed by atoms with Gasteiger partial charge in [-0.1, -0.05) is 17.7 Å². The highest BCUT2D eigenvalue weighted by atomic mass is 16.5. The van der Waals surface area contributed by atoms with E-state index < -0.39 is 11.7 Å². The number of rotatable bonds is 4. The molecule has 0 fully saturated rings. The van der Waals surface area contributed by atoms with Crippen molar-refractivity contribution in [1.82, 2.24) is 0 Å². The molecular formula is C26H28O6. The van der Waals surface area contributed by atoms with E-state index >= 15 is 0 Å². The minimum absolute atomic E-state index is 0.0363. The molecule has 2 aliphatic rings. The number of carbonyl (C=O) groups is 1. The van der Waals surface area contributed by atoms with E-state index in [4.69, 9.17) is 14.2 Å². The van der Waals surface area contributed by atoms with Crippen LogP contribution in [0.3, 0.4) is 0 Å². The van der Waals surface area contributed by atoms with Crippen LogP contribution < -0.4 is 14.2 Å². The average Bonchev–Trinajstić information content (AvgIpc) is 2.70. The lowest BCUT2D eigenvalue weighted by atomic mass is 9.88. The van der Waals surface area contributed by atoms with Crippen LogP contribution in [-0.2, 0) is 6.42 Å². The van der Waals surface area contributed by atoms with Crippen molar-refractivity contribution in [3.8, 4) is 28.7 Å². The Morgan fingerprint density at radius 2 is 1.91 bits per heavy atom. The van der Waals surface area contributed by atoms with E-state index in [0.717, 1.165) is 11.1 Å². The van der Waals surface area contributed by atoms with Gasteiger partial charge in [0.2, 0.25) is 0 Å². The van der Waals surface area contributed by atoms with Crippen molar-refractivity contribution in [3.63, 3.8) is 0 Å². The molecule has 2 heterocycles. The van der Waals surface area contributed by atoms with Gasteiger partial charge in [0.25, 0.3) is 0 Å². The fraction of sp³-hybridized carbons (Fsp3) is 0.346. The smallest absolute Gasteiger partial charge is 0.174 e. The van der Waals surface area contributed by atoms with Crippen LogP contribution in [0.4, 0.5) is 0 Å². The topological polar surface area (TPSA) is 85.2 Å². The second kappa shape index (κ2) is 7.93. The summed E-state index contributed by atoms with van der Waals surface area (Å²) < 4.78 is 18.3. The van der Waals surface area contributed by atoms with Gasteiger partial charge >= 0.3 is 0 Å². The van der Waals surface area contributed by atoms with Crippen molar-refractivity contribution < 1.29 is 29.2 Å². The number of phenols is 2. The molecule has 0 spiro atoms. The summed E-state index contributed by atoms with van der Waals surface area (Å²) in [5.74, 6) is 0.959. The number of ketones is 1. The zero-order chi connectivity index (χ0) is 23.2. The molecule has 0 radical (unpaired) electrons. The summed E-state index contributed by atoms with van der Waals surface area (Å²) in [6.45, 7) is 7.92. The number of carbonyl (C=O) groups excluding carboxylic acids is 1. The van der Waals surface area contributed by atoms with E-state index in [1.807, 2.05) is 45.9 Å². The Morgan fingerprint density at radius 1 is 1.22 bits per heavy atom. The molecule has 1 unspecified atom stereocenters. The van der Waals surface area contributed by atoms with Crippen LogP contribution in [0.15, 0.2) is 35.9 Å². The van der Waals surface area contributed by atoms with Crippen molar-refractivity contribution >= 4 is 11.9 Å². The maximum atomic E-state index is 13.4. The molecule has 2 aromatic carbocycles. The third-order valence-electron chi connectivity index (χ3n) is 5.72. The van der Waals surface area contributed by atoms with Crippen LogP contribution >= 0.6 is 0 Å². The Labute approximate surface area is 187 Å². The number of Topliss-reactive ketones (excluding diaryl/α,β-unsaturated/α-hetero) is 1. The van der Waals surface area contributed by atoms with Crippen LogP contribution in [0.1, 0.15) is 67.3 Å². The number of fused-ring (bicyclic) bond motifs is 2. The Bertz CT molecular complexity index is 1130. The van der Waals surface area contributed by atoms with Gasteiger partial charge < -0.3 is 24.4 Å². The monoisotopic (exact) mass is 436 g/mol. The van der Waals surface area contributed by atoms with E-state index in [9.17, 15) is 15.0 Å². The summed E-state index contributed by atoms with van der Waals surface area (Å²) in [6.07, 6.45) is 5.53. The third-order valence-corrected chi connectivity index (χ3v) is 5.72. The van der Waals surface area contributed by atoms with Crippen LogP contribution in [0.5, 0.6) is 28.7 Å². The number of hydrogen-bond acceptors (Lipinski definition) is 6. The second-order valence-corrected chi connectivity index (χ2v) is 8.93. The van der Waals surface area contributed by atoms with Gasteiger partial charge in [-0.05, 0) is 58.4 Å². The average molecular weight is 437 g/mol. The largest absolute Gasteiger partial charge is 0.507 e. The highest BCUT2D eigenvalue weighted by Crippen LogP contribution is 2.52. The molecule has 6 heteroatoms. The SMILES string of the molecule is COc1c2c(c(CC=C(C)C)c3c1C(=O)CC(c1c(O)cccc1O)O3)OC(C)(C)C=C2. The normalized spacial score (nSPS) is 18.2. The fourth-order valence-corrected chi connectivity index (χ4v) is 4.18. The molecule has 6 nitrogen and oxygen atoms in total. The number of methoxy groups -OCH3 is 1. The summed E-state index contributed by atoms with van der Waals surface area (Å²) in [7, 11) is 1.52. The minimum atomic E-state index is -0.837. The summed E-state index contributed by atoms with van der Waals surface area (Å²) in [6, 6.07) is 4.47. The Kier molecular flexibility index (Phi) is 5.41. The lowest BCUT2D eigenvalue weighted by molar-refractivity contribution is 0.0833. The molecule has 0 saturated heterocycles. The second-order valence-electron chi connectivity index (χ2n) is 8.93. The Balaban J connectivity index is 1.97. The molecule has 0 aromatic heterocycles. The van der Waals surface area contributed by atoms with Gasteiger partial charge in [0.15, 0.2) is 5.78 Å². The van der Waals surface area contributed by atoms with Crippen LogP contribution in [0.25, 0.3) is 6.08 Å². The molecule has 1 atom stereocenters. The molecule has 4 rings (SSSR count). The molecule has 168 valence electrons. The minimum Gasteiger partial charge on any atom is -0.507 e. The highest BCUT2D eigenvalue weighted by molar-refractivity contribution is 6.05. The quantitative estimate of drug-likeness (QED) is 0.615. The van der Waals surface area contributed by atoms with Gasteiger partial charge in [0.05, 0.1) is 24.7 Å². The summed E-state index contributed by atoms with van der Waals surface area (Å²) in [4.78, 5) is 13.4. The first kappa shape index (κ1) is 21.8. The molecule has 2 N–H and O–H groups in total. The predicted molar refractivity (Wildman–Crippen MR) is 122 cm³/mol. The van der Waals surface area contributed by atoms with Crippen LogP contribution in [-0.4, -0.2) is 28.7 Å². The maximum Gasteiger partial charge on any atom is 0.174 e. The zero-order valence-electron chi connectivity index (χ0n) is 19.0. The zero-order valence-corrected chi connectivity index (χ0v) is 19.0. The van der Waals surface area contributed by atoms with Crippen LogP contribution in [0.2, 0.25) is 0 Å². The van der Waals surface area contributed by atoms with Crippen molar-refractivity contribution in [2.75, 3.05) is 7.11 Å². The lowest BCUT2D eigenvalue weighted by Crippen LogP contribution is -2.30. The van der Waals surface area contributed by atoms with Gasteiger partial charge in [-0.3, -0.25) is 4.79 Å². The van der Waals surface area contributed by atoms with E-state index in [1.54, 1.807) is 0 Å². The lowest BCUT2D eigenvalue weighted by Gasteiger charge is -2.35. The Hall–Kier alpha value is -3.41. The van der Waals surface area contributed by atoms with E-state index in [2.05, 4.69) is 0 Å². The molecule has 0 bridgehead atoms. The maximum absolute atomic E-state index is 13.4. The summed E-state index contributed by atoms with van der Waals surface area (Å²) in [5, 5.41) is 20.7. The number of phenolic OH excluding ortho intramolecular Hbond substituents is 2. The standard InChI is InChI=1S/C26H28O6/c1-14(2)9-10-15-23-16(11-12-26(3,4)32-23)24(30-5)22-19(29)13-20(31-25(15)22)21-17(27)7-6-8-18(21)28/h6-9,11-12,20,27-28H,10,13H2,1-5H3. The number of allylic oxidation sites excluding steroid dienone is 2.